The summed E-state index contributed by atoms with van der Waals surface area (Å²) in [6, 6.07) is 18.5. The molecular weight excluding hydrogens is 416 g/mol. The van der Waals surface area contributed by atoms with Crippen molar-refractivity contribution < 1.29 is 23.9 Å². The Hall–Kier alpha value is -2.95. The third-order valence-corrected chi connectivity index (χ3v) is 5.84. The zero-order valence-corrected chi connectivity index (χ0v) is 20.4. The third kappa shape index (κ3) is 5.35. The summed E-state index contributed by atoms with van der Waals surface area (Å²) < 4.78 is 11.8. The van der Waals surface area contributed by atoms with Gasteiger partial charge in [-0.1, -0.05) is 60.7 Å². The van der Waals surface area contributed by atoms with E-state index in [-0.39, 0.29) is 18.6 Å². The van der Waals surface area contributed by atoms with E-state index in [9.17, 15) is 14.4 Å². The molecule has 2 atom stereocenters. The Morgan fingerprint density at radius 2 is 1.03 bits per heavy atom. The van der Waals surface area contributed by atoms with Crippen LogP contribution in [-0.2, 0) is 23.9 Å². The number of esters is 2. The number of carbonyl (C=O) groups excluding carboxylic acids is 3. The molecule has 0 bridgehead atoms. The van der Waals surface area contributed by atoms with E-state index < -0.39 is 40.4 Å². The van der Waals surface area contributed by atoms with Crippen molar-refractivity contribution in [1.29, 1.82) is 0 Å². The van der Waals surface area contributed by atoms with Crippen LogP contribution in [-0.4, -0.2) is 28.9 Å². The lowest BCUT2D eigenvalue weighted by Gasteiger charge is -2.47. The predicted molar refractivity (Wildman–Crippen MR) is 127 cm³/mol. The molecule has 1 aliphatic rings. The topological polar surface area (TPSA) is 69.7 Å². The van der Waals surface area contributed by atoms with Crippen LogP contribution in [0.5, 0.6) is 0 Å². The smallest absolute Gasteiger partial charge is 0.325 e. The summed E-state index contributed by atoms with van der Waals surface area (Å²) in [6.07, 6.45) is 0.123. The van der Waals surface area contributed by atoms with Gasteiger partial charge < -0.3 is 9.47 Å². The van der Waals surface area contributed by atoms with Gasteiger partial charge in [0.05, 0.1) is 0 Å². The predicted octanol–water partition coefficient (Wildman–Crippen LogP) is 5.59. The minimum atomic E-state index is -1.71. The molecule has 5 nitrogen and oxygen atoms in total. The fraction of sp³-hybridized carbons (Fsp3) is 0.464. The zero-order valence-electron chi connectivity index (χ0n) is 20.4. The van der Waals surface area contributed by atoms with Gasteiger partial charge in [-0.05, 0) is 52.7 Å². The van der Waals surface area contributed by atoms with Gasteiger partial charge in [0.2, 0.25) is 0 Å². The lowest BCUT2D eigenvalue weighted by molar-refractivity contribution is -0.191. The van der Waals surface area contributed by atoms with Crippen LogP contribution in [0.4, 0.5) is 0 Å². The summed E-state index contributed by atoms with van der Waals surface area (Å²) >= 11 is 0. The van der Waals surface area contributed by atoms with E-state index >= 15 is 0 Å². The molecule has 1 aliphatic carbocycles. The third-order valence-electron chi connectivity index (χ3n) is 5.84. The van der Waals surface area contributed by atoms with Gasteiger partial charge in [-0.2, -0.15) is 0 Å². The molecular formula is C28H34O5. The highest BCUT2D eigenvalue weighted by atomic mass is 16.6. The van der Waals surface area contributed by atoms with Crippen molar-refractivity contribution in [2.45, 2.75) is 77.4 Å². The summed E-state index contributed by atoms with van der Waals surface area (Å²) in [5, 5.41) is 0. The van der Waals surface area contributed by atoms with Gasteiger partial charge in [0.1, 0.15) is 17.0 Å². The lowest BCUT2D eigenvalue weighted by Crippen LogP contribution is -2.56. The Balaban J connectivity index is 2.33. The number of ketones is 1. The molecule has 2 aromatic carbocycles. The molecule has 0 amide bonds. The van der Waals surface area contributed by atoms with Crippen LogP contribution in [0.25, 0.3) is 0 Å². The van der Waals surface area contributed by atoms with E-state index in [4.69, 9.17) is 9.47 Å². The van der Waals surface area contributed by atoms with Gasteiger partial charge in [0, 0.05) is 24.7 Å². The fourth-order valence-electron chi connectivity index (χ4n) is 4.61. The first-order valence-corrected chi connectivity index (χ1v) is 11.4. The van der Waals surface area contributed by atoms with Crippen molar-refractivity contribution in [1.82, 2.24) is 0 Å². The monoisotopic (exact) mass is 450 g/mol. The number of Topliss-reactive ketones (excluding diaryl/α,β-unsaturated/α-hetero) is 1. The van der Waals surface area contributed by atoms with Gasteiger partial charge in [-0.15, -0.1) is 0 Å². The SMILES string of the molecule is CC(C)(C)OC(=O)C1(C(=O)OC(C)(C)C)[C@H](c2ccccc2)CC(=O)C[C@H]1c1ccccc1. The molecule has 2 aromatic rings. The Morgan fingerprint density at radius 1 is 0.697 bits per heavy atom. The van der Waals surface area contributed by atoms with Crippen molar-refractivity contribution in [3.8, 4) is 0 Å². The molecule has 5 heteroatoms. The number of carbonyl (C=O) groups is 3. The molecule has 0 aliphatic heterocycles. The second kappa shape index (κ2) is 9.12. The molecule has 3 rings (SSSR count). The van der Waals surface area contributed by atoms with Gasteiger partial charge >= 0.3 is 11.9 Å². The lowest BCUT2D eigenvalue weighted by atomic mass is 9.56. The molecule has 1 fully saturated rings. The van der Waals surface area contributed by atoms with Gasteiger partial charge in [-0.3, -0.25) is 14.4 Å². The minimum absolute atomic E-state index is 0.000415. The Labute approximate surface area is 196 Å². The number of ether oxygens (including phenoxy) is 2. The second-order valence-corrected chi connectivity index (χ2v) is 10.7. The van der Waals surface area contributed by atoms with Gasteiger partial charge in [0.15, 0.2) is 5.41 Å². The van der Waals surface area contributed by atoms with Crippen LogP contribution in [0, 0.1) is 5.41 Å². The van der Waals surface area contributed by atoms with Gasteiger partial charge in [-0.25, -0.2) is 0 Å². The molecule has 0 radical (unpaired) electrons. The summed E-state index contributed by atoms with van der Waals surface area (Å²) in [5.74, 6) is -2.73. The number of rotatable bonds is 4. The largest absolute Gasteiger partial charge is 0.459 e. The van der Waals surface area contributed by atoms with Crippen LogP contribution in [0.3, 0.4) is 0 Å². The molecule has 0 spiro atoms. The van der Waals surface area contributed by atoms with Gasteiger partial charge in [0.25, 0.3) is 0 Å². The molecule has 0 heterocycles. The van der Waals surface area contributed by atoms with Crippen molar-refractivity contribution in [2.75, 3.05) is 0 Å². The molecule has 0 unspecified atom stereocenters. The highest BCUT2D eigenvalue weighted by Gasteiger charge is 2.64. The van der Waals surface area contributed by atoms with Crippen molar-refractivity contribution in [2.24, 2.45) is 5.41 Å². The molecule has 0 N–H and O–H groups in total. The normalized spacial score (nSPS) is 20.7. The Kier molecular flexibility index (Phi) is 6.83. The van der Waals surface area contributed by atoms with E-state index in [0.717, 1.165) is 11.1 Å². The quantitative estimate of drug-likeness (QED) is 0.449. The first-order valence-electron chi connectivity index (χ1n) is 11.4. The van der Waals surface area contributed by atoms with E-state index in [2.05, 4.69) is 0 Å². The van der Waals surface area contributed by atoms with Crippen molar-refractivity contribution >= 4 is 17.7 Å². The first-order chi connectivity index (χ1) is 15.3. The number of hydrogen-bond acceptors (Lipinski definition) is 5. The molecule has 1 saturated carbocycles. The average Bonchev–Trinajstić information content (AvgIpc) is 2.71. The maximum Gasteiger partial charge on any atom is 0.325 e. The molecule has 0 aromatic heterocycles. The zero-order chi connectivity index (χ0) is 24.4. The number of benzene rings is 2. The fourth-order valence-corrected chi connectivity index (χ4v) is 4.61. The summed E-state index contributed by atoms with van der Waals surface area (Å²) in [6.45, 7) is 10.6. The van der Waals surface area contributed by atoms with Crippen LogP contribution in [0.2, 0.25) is 0 Å². The highest BCUT2D eigenvalue weighted by molar-refractivity contribution is 6.05. The molecule has 33 heavy (non-hydrogen) atoms. The summed E-state index contributed by atoms with van der Waals surface area (Å²) in [4.78, 5) is 41.2. The summed E-state index contributed by atoms with van der Waals surface area (Å²) in [5.41, 5.74) is -1.88. The number of hydrogen-bond donors (Lipinski definition) is 0. The van der Waals surface area contributed by atoms with Crippen LogP contribution < -0.4 is 0 Å². The second-order valence-electron chi connectivity index (χ2n) is 10.7. The summed E-state index contributed by atoms with van der Waals surface area (Å²) in [7, 11) is 0. The Morgan fingerprint density at radius 3 is 1.33 bits per heavy atom. The van der Waals surface area contributed by atoms with Crippen molar-refractivity contribution in [3.63, 3.8) is 0 Å². The highest BCUT2D eigenvalue weighted by Crippen LogP contribution is 2.56. The Bertz CT molecular complexity index is 915. The standard InChI is InChI=1S/C28H34O5/c1-26(2,3)32-24(30)28(25(31)33-27(4,5)6)22(19-13-9-7-10-14-19)17-21(29)18-23(28)20-15-11-8-12-16-20/h7-16,22-23H,17-18H2,1-6H3/t22-,23-/m0/s1. The van der Waals surface area contributed by atoms with E-state index in [1.807, 2.05) is 60.7 Å². The van der Waals surface area contributed by atoms with Crippen LogP contribution in [0.15, 0.2) is 60.7 Å². The first kappa shape index (κ1) is 24.7. The van der Waals surface area contributed by atoms with Crippen molar-refractivity contribution in [3.05, 3.63) is 71.8 Å². The van der Waals surface area contributed by atoms with E-state index in [1.165, 1.54) is 0 Å². The molecule has 0 saturated heterocycles. The van der Waals surface area contributed by atoms with E-state index in [0.29, 0.717) is 0 Å². The average molecular weight is 451 g/mol. The van der Waals surface area contributed by atoms with Crippen LogP contribution in [0.1, 0.15) is 77.3 Å². The van der Waals surface area contributed by atoms with Crippen LogP contribution >= 0.6 is 0 Å². The maximum atomic E-state index is 14.1. The minimum Gasteiger partial charge on any atom is -0.459 e. The van der Waals surface area contributed by atoms with E-state index in [1.54, 1.807) is 41.5 Å². The molecule has 176 valence electrons. The maximum absolute atomic E-state index is 14.1.